The van der Waals surface area contributed by atoms with Gasteiger partial charge in [-0.1, -0.05) is 38.5 Å². The van der Waals surface area contributed by atoms with Gasteiger partial charge in [-0.25, -0.2) is 0 Å². The number of para-hydroxylation sites is 1. The van der Waals surface area contributed by atoms with Crippen molar-refractivity contribution in [2.75, 3.05) is 25.5 Å². The molecule has 0 fully saturated rings. The van der Waals surface area contributed by atoms with Crippen molar-refractivity contribution in [1.82, 2.24) is 4.90 Å². The fraction of sp³-hybridized carbons (Fsp3) is 0.562. The first-order valence-electron chi connectivity index (χ1n) is 7.24. The first kappa shape index (κ1) is 15.5. The minimum atomic E-state index is 0.218. The van der Waals surface area contributed by atoms with E-state index in [2.05, 4.69) is 31.3 Å². The molecule has 0 aliphatic carbocycles. The maximum Gasteiger partial charge on any atom is 0.224 e. The van der Waals surface area contributed by atoms with E-state index in [1.807, 2.05) is 24.1 Å². The number of carbonyl (C=O) groups excluding carboxylic acids is 1. The largest absolute Gasteiger partial charge is 0.384 e. The second-order valence-corrected chi connectivity index (χ2v) is 4.86. The molecule has 0 saturated carbocycles. The van der Waals surface area contributed by atoms with E-state index in [1.54, 1.807) is 0 Å². The van der Waals surface area contributed by atoms with Gasteiger partial charge in [-0.2, -0.15) is 0 Å². The molecule has 0 heterocycles. The van der Waals surface area contributed by atoms with Crippen molar-refractivity contribution in [1.29, 1.82) is 0 Å². The van der Waals surface area contributed by atoms with Gasteiger partial charge >= 0.3 is 0 Å². The van der Waals surface area contributed by atoms with E-state index in [1.165, 1.54) is 5.56 Å². The molecule has 106 valence electrons. The highest BCUT2D eigenvalue weighted by Gasteiger charge is 2.07. The summed E-state index contributed by atoms with van der Waals surface area (Å²) in [5, 5.41) is 3.36. The van der Waals surface area contributed by atoms with Crippen LogP contribution in [-0.4, -0.2) is 30.9 Å². The normalized spacial score (nSPS) is 10.3. The van der Waals surface area contributed by atoms with E-state index in [0.29, 0.717) is 13.0 Å². The molecule has 0 aliphatic rings. The summed E-state index contributed by atoms with van der Waals surface area (Å²) in [6.07, 6.45) is 3.76. The lowest BCUT2D eigenvalue weighted by molar-refractivity contribution is -0.129. The Morgan fingerprint density at radius 3 is 2.68 bits per heavy atom. The van der Waals surface area contributed by atoms with Crippen molar-refractivity contribution in [3.8, 4) is 0 Å². The number of nitrogens with one attached hydrogen (secondary N) is 1. The Morgan fingerprint density at radius 2 is 2.00 bits per heavy atom. The van der Waals surface area contributed by atoms with Crippen LogP contribution in [-0.2, 0) is 11.2 Å². The molecular formula is C16H26N2O. The van der Waals surface area contributed by atoms with E-state index in [4.69, 9.17) is 0 Å². The number of hydrogen-bond donors (Lipinski definition) is 1. The number of amides is 1. The van der Waals surface area contributed by atoms with E-state index < -0.39 is 0 Å². The lowest BCUT2D eigenvalue weighted by Crippen LogP contribution is -2.29. The molecule has 3 nitrogen and oxygen atoms in total. The van der Waals surface area contributed by atoms with Gasteiger partial charge in [0.25, 0.3) is 0 Å². The summed E-state index contributed by atoms with van der Waals surface area (Å²) >= 11 is 0. The van der Waals surface area contributed by atoms with Crippen LogP contribution in [0, 0.1) is 0 Å². The van der Waals surface area contributed by atoms with Crippen molar-refractivity contribution in [2.45, 2.75) is 39.5 Å². The molecule has 0 aromatic heterocycles. The molecule has 1 aromatic rings. The zero-order chi connectivity index (χ0) is 14.1. The zero-order valence-corrected chi connectivity index (χ0v) is 12.4. The van der Waals surface area contributed by atoms with Crippen LogP contribution in [0.25, 0.3) is 0 Å². The molecule has 0 saturated heterocycles. The van der Waals surface area contributed by atoms with Crippen LogP contribution >= 0.6 is 0 Å². The summed E-state index contributed by atoms with van der Waals surface area (Å²) in [5.41, 5.74) is 2.45. The van der Waals surface area contributed by atoms with Crippen LogP contribution in [0.2, 0.25) is 0 Å². The fourth-order valence-corrected chi connectivity index (χ4v) is 2.02. The van der Waals surface area contributed by atoms with E-state index in [0.717, 1.165) is 31.5 Å². The van der Waals surface area contributed by atoms with Crippen LogP contribution in [0.1, 0.15) is 38.7 Å². The number of carbonyl (C=O) groups is 1. The van der Waals surface area contributed by atoms with Crippen molar-refractivity contribution >= 4 is 11.6 Å². The molecule has 1 amide bonds. The Bertz CT molecular complexity index is 390. The standard InChI is InChI=1S/C16H26N2O/c1-4-6-13-18(3)16(19)11-12-17-15-10-8-7-9-14(15)5-2/h7-10,17H,4-6,11-13H2,1-3H3. The van der Waals surface area contributed by atoms with Gasteiger partial charge in [0.05, 0.1) is 0 Å². The van der Waals surface area contributed by atoms with Crippen molar-refractivity contribution < 1.29 is 4.79 Å². The molecule has 0 unspecified atom stereocenters. The summed E-state index contributed by atoms with van der Waals surface area (Å²) in [5.74, 6) is 0.218. The van der Waals surface area contributed by atoms with Crippen LogP contribution in [0.4, 0.5) is 5.69 Å². The molecule has 1 rings (SSSR count). The molecule has 3 heteroatoms. The highest BCUT2D eigenvalue weighted by Crippen LogP contribution is 2.15. The molecule has 0 aliphatic heterocycles. The van der Waals surface area contributed by atoms with Gasteiger partial charge < -0.3 is 10.2 Å². The number of unbranched alkanes of at least 4 members (excludes halogenated alkanes) is 1. The Morgan fingerprint density at radius 1 is 1.26 bits per heavy atom. The van der Waals surface area contributed by atoms with Crippen LogP contribution in [0.5, 0.6) is 0 Å². The smallest absolute Gasteiger partial charge is 0.224 e. The summed E-state index contributed by atoms with van der Waals surface area (Å²) in [6, 6.07) is 8.27. The molecule has 1 aromatic carbocycles. The minimum absolute atomic E-state index is 0.218. The molecule has 1 N–H and O–H groups in total. The highest BCUT2D eigenvalue weighted by atomic mass is 16.2. The monoisotopic (exact) mass is 262 g/mol. The number of nitrogens with zero attached hydrogens (tertiary/aromatic N) is 1. The quantitative estimate of drug-likeness (QED) is 0.779. The van der Waals surface area contributed by atoms with Gasteiger partial charge in [0.1, 0.15) is 0 Å². The predicted molar refractivity (Wildman–Crippen MR) is 81.5 cm³/mol. The number of hydrogen-bond acceptors (Lipinski definition) is 2. The third-order valence-electron chi connectivity index (χ3n) is 3.33. The lowest BCUT2D eigenvalue weighted by Gasteiger charge is -2.17. The Hall–Kier alpha value is -1.51. The number of benzene rings is 1. The van der Waals surface area contributed by atoms with Gasteiger partial charge in [-0.05, 0) is 24.5 Å². The number of aryl methyl sites for hydroxylation is 1. The van der Waals surface area contributed by atoms with Gasteiger partial charge in [0.15, 0.2) is 0 Å². The molecule has 0 atom stereocenters. The van der Waals surface area contributed by atoms with Gasteiger partial charge in [-0.3, -0.25) is 4.79 Å². The SMILES string of the molecule is CCCCN(C)C(=O)CCNc1ccccc1CC. The molecular weight excluding hydrogens is 236 g/mol. The fourth-order valence-electron chi connectivity index (χ4n) is 2.02. The highest BCUT2D eigenvalue weighted by molar-refractivity contribution is 5.76. The topological polar surface area (TPSA) is 32.3 Å². The first-order chi connectivity index (χ1) is 9.19. The third kappa shape index (κ3) is 5.33. The molecule has 19 heavy (non-hydrogen) atoms. The van der Waals surface area contributed by atoms with Gasteiger partial charge in [0, 0.05) is 32.2 Å². The summed E-state index contributed by atoms with van der Waals surface area (Å²) in [7, 11) is 1.89. The van der Waals surface area contributed by atoms with E-state index in [9.17, 15) is 4.79 Å². The van der Waals surface area contributed by atoms with Crippen molar-refractivity contribution in [3.05, 3.63) is 29.8 Å². The molecule has 0 bridgehead atoms. The maximum absolute atomic E-state index is 11.9. The lowest BCUT2D eigenvalue weighted by atomic mass is 10.1. The summed E-state index contributed by atoms with van der Waals surface area (Å²) in [4.78, 5) is 13.7. The number of rotatable bonds is 8. The Labute approximate surface area is 117 Å². The van der Waals surface area contributed by atoms with Crippen LogP contribution < -0.4 is 5.32 Å². The molecule has 0 spiro atoms. The predicted octanol–water partition coefficient (Wildman–Crippen LogP) is 3.31. The third-order valence-corrected chi connectivity index (χ3v) is 3.33. The maximum atomic E-state index is 11.9. The van der Waals surface area contributed by atoms with Crippen LogP contribution in [0.3, 0.4) is 0 Å². The average Bonchev–Trinajstić information content (AvgIpc) is 2.45. The zero-order valence-electron chi connectivity index (χ0n) is 12.4. The van der Waals surface area contributed by atoms with Crippen LogP contribution in [0.15, 0.2) is 24.3 Å². The molecule has 0 radical (unpaired) electrons. The average molecular weight is 262 g/mol. The minimum Gasteiger partial charge on any atom is -0.384 e. The Kier molecular flexibility index (Phi) is 7.01. The second kappa shape index (κ2) is 8.57. The first-order valence-corrected chi connectivity index (χ1v) is 7.24. The number of anilines is 1. The second-order valence-electron chi connectivity index (χ2n) is 4.86. The Balaban J connectivity index is 2.35. The van der Waals surface area contributed by atoms with Crippen molar-refractivity contribution in [3.63, 3.8) is 0 Å². The van der Waals surface area contributed by atoms with Gasteiger partial charge in [-0.15, -0.1) is 0 Å². The van der Waals surface area contributed by atoms with E-state index in [-0.39, 0.29) is 5.91 Å². The van der Waals surface area contributed by atoms with Crippen molar-refractivity contribution in [2.24, 2.45) is 0 Å². The summed E-state index contributed by atoms with van der Waals surface area (Å²) in [6.45, 7) is 5.85. The van der Waals surface area contributed by atoms with Gasteiger partial charge in [0.2, 0.25) is 5.91 Å². The summed E-state index contributed by atoms with van der Waals surface area (Å²) < 4.78 is 0. The van der Waals surface area contributed by atoms with E-state index >= 15 is 0 Å².